The van der Waals surface area contributed by atoms with Crippen LogP contribution in [0.25, 0.3) is 11.3 Å². The Balaban J connectivity index is 1.36. The first-order valence-electron chi connectivity index (χ1n) is 12.6. The van der Waals surface area contributed by atoms with Crippen molar-refractivity contribution in [2.45, 2.75) is 81.8 Å². The molecule has 0 amide bonds. The maximum Gasteiger partial charge on any atom is 0.192 e. The van der Waals surface area contributed by atoms with Crippen LogP contribution in [0.5, 0.6) is 0 Å². The quantitative estimate of drug-likeness (QED) is 0.388. The predicted molar refractivity (Wildman–Crippen MR) is 145 cm³/mol. The second-order valence-electron chi connectivity index (χ2n) is 11.9. The zero-order chi connectivity index (χ0) is 24.9. The monoisotopic (exact) mass is 507 g/mol. The van der Waals surface area contributed by atoms with E-state index in [2.05, 4.69) is 79.8 Å². The summed E-state index contributed by atoms with van der Waals surface area (Å²) in [6.07, 6.45) is 4.83. The van der Waals surface area contributed by atoms with Crippen LogP contribution in [0.3, 0.4) is 0 Å². The smallest absolute Gasteiger partial charge is 0.192 e. The van der Waals surface area contributed by atoms with Crippen molar-refractivity contribution >= 4 is 20.1 Å². The molecule has 1 aliphatic heterocycles. The van der Waals surface area contributed by atoms with E-state index in [-0.39, 0.29) is 15.2 Å². The number of hydrogen-bond acceptors (Lipinski definition) is 6. The van der Waals surface area contributed by atoms with Gasteiger partial charge in [0.05, 0.1) is 11.1 Å². The molecule has 0 N–H and O–H groups in total. The van der Waals surface area contributed by atoms with Crippen molar-refractivity contribution in [1.29, 1.82) is 0 Å². The van der Waals surface area contributed by atoms with Crippen LogP contribution >= 0.6 is 11.8 Å². The van der Waals surface area contributed by atoms with Gasteiger partial charge in [-0.1, -0.05) is 45.0 Å². The number of thioether (sulfide) groups is 1. The first kappa shape index (κ1) is 24.7. The summed E-state index contributed by atoms with van der Waals surface area (Å²) in [5, 5.41) is 18.0. The molecule has 35 heavy (non-hydrogen) atoms. The van der Waals surface area contributed by atoms with E-state index in [1.165, 1.54) is 5.56 Å². The highest BCUT2D eigenvalue weighted by molar-refractivity contribution is 8.00. The number of fused-ring (bicyclic) bond motifs is 1. The van der Waals surface area contributed by atoms with Crippen molar-refractivity contribution in [3.63, 3.8) is 0 Å². The minimum atomic E-state index is -1.80. The molecule has 6 nitrogen and oxygen atoms in total. The lowest BCUT2D eigenvalue weighted by Crippen LogP contribution is -2.45. The zero-order valence-electron chi connectivity index (χ0n) is 21.8. The molecule has 186 valence electrons. The highest BCUT2D eigenvalue weighted by atomic mass is 32.2. The topological polar surface area (TPSA) is 65.7 Å². The van der Waals surface area contributed by atoms with E-state index in [1.54, 1.807) is 6.20 Å². The van der Waals surface area contributed by atoms with Crippen molar-refractivity contribution in [3.05, 3.63) is 59.8 Å². The van der Waals surface area contributed by atoms with Gasteiger partial charge in [-0.25, -0.2) is 0 Å². The van der Waals surface area contributed by atoms with Crippen LogP contribution in [-0.2, 0) is 22.8 Å². The average Bonchev–Trinajstić information content (AvgIpc) is 3.57. The molecule has 1 unspecified atom stereocenters. The molecule has 1 fully saturated rings. The van der Waals surface area contributed by atoms with Gasteiger partial charge in [-0.05, 0) is 55.6 Å². The molecule has 1 aliphatic carbocycles. The third kappa shape index (κ3) is 4.72. The van der Waals surface area contributed by atoms with E-state index in [1.807, 2.05) is 23.9 Å². The van der Waals surface area contributed by atoms with E-state index in [9.17, 15) is 0 Å². The Bertz CT molecular complexity index is 1180. The number of benzene rings is 1. The predicted octanol–water partition coefficient (Wildman–Crippen LogP) is 5.88. The van der Waals surface area contributed by atoms with Crippen molar-refractivity contribution in [2.24, 2.45) is 0 Å². The van der Waals surface area contributed by atoms with E-state index in [4.69, 9.17) is 14.6 Å². The third-order valence-corrected chi connectivity index (χ3v) is 14.0. The number of aromatic nitrogens is 5. The summed E-state index contributed by atoms with van der Waals surface area (Å²) >= 11 is 2.03. The van der Waals surface area contributed by atoms with Crippen LogP contribution in [0.1, 0.15) is 57.7 Å². The second kappa shape index (κ2) is 8.82. The maximum atomic E-state index is 6.66. The van der Waals surface area contributed by atoms with E-state index in [0.29, 0.717) is 0 Å². The second-order valence-corrected chi connectivity index (χ2v) is 18.4. The van der Waals surface area contributed by atoms with Crippen LogP contribution in [0, 0.1) is 0 Å². The minimum Gasteiger partial charge on any atom is -0.415 e. The molecule has 1 aromatic carbocycles. The summed E-state index contributed by atoms with van der Waals surface area (Å²) in [7, 11) is -1.80. The van der Waals surface area contributed by atoms with Gasteiger partial charge in [-0.3, -0.25) is 0 Å². The summed E-state index contributed by atoms with van der Waals surface area (Å²) in [6.45, 7) is 15.7. The summed E-state index contributed by atoms with van der Waals surface area (Å²) in [5.41, 5.74) is 3.29. The fourth-order valence-electron chi connectivity index (χ4n) is 4.65. The first-order valence-corrected chi connectivity index (χ1v) is 16.5. The van der Waals surface area contributed by atoms with Crippen LogP contribution in [0.4, 0.5) is 0 Å². The van der Waals surface area contributed by atoms with E-state index < -0.39 is 8.32 Å². The molecule has 3 aromatic rings. The number of hydrogen-bond donors (Lipinski definition) is 0. The Morgan fingerprint density at radius 3 is 2.43 bits per heavy atom. The molecule has 0 bridgehead atoms. The molecule has 0 radical (unpaired) electrons. The van der Waals surface area contributed by atoms with Crippen molar-refractivity contribution in [3.8, 4) is 11.3 Å². The normalized spacial score (nSPS) is 21.9. The summed E-state index contributed by atoms with van der Waals surface area (Å²) < 4.78 is 9.09. The summed E-state index contributed by atoms with van der Waals surface area (Å²) in [5.74, 6) is 3.29. The van der Waals surface area contributed by atoms with Crippen molar-refractivity contribution < 1.29 is 4.43 Å². The molecule has 1 saturated carbocycles. The molecular weight excluding hydrogens is 470 g/mol. The molecule has 8 heteroatoms. The molecular formula is C27H37N5OSSi. The highest BCUT2D eigenvalue weighted by Crippen LogP contribution is 2.53. The Kier molecular flexibility index (Phi) is 6.21. The van der Waals surface area contributed by atoms with E-state index >= 15 is 0 Å². The Morgan fingerprint density at radius 2 is 1.80 bits per heavy atom. The molecule has 2 aliphatic rings. The lowest BCUT2D eigenvalue weighted by atomic mass is 9.93. The maximum absolute atomic E-state index is 6.66. The minimum absolute atomic E-state index is 0.0170. The molecule has 3 heterocycles. The molecule has 5 rings (SSSR count). The molecule has 0 spiro atoms. The van der Waals surface area contributed by atoms with Gasteiger partial charge >= 0.3 is 0 Å². The fourth-order valence-corrected chi connectivity index (χ4v) is 7.01. The molecule has 2 aromatic heterocycles. The van der Waals surface area contributed by atoms with Crippen LogP contribution in [-0.4, -0.2) is 50.4 Å². The van der Waals surface area contributed by atoms with Gasteiger partial charge in [-0.2, -0.15) is 22.0 Å². The molecule has 1 atom stereocenters. The largest absolute Gasteiger partial charge is 0.415 e. The highest BCUT2D eigenvalue weighted by Gasteiger charge is 2.51. The number of rotatable bonds is 6. The van der Waals surface area contributed by atoms with Gasteiger partial charge in [-0.15, -0.1) is 10.2 Å². The summed E-state index contributed by atoms with van der Waals surface area (Å²) in [4.78, 5) is 0. The van der Waals surface area contributed by atoms with Gasteiger partial charge in [0.2, 0.25) is 0 Å². The summed E-state index contributed by atoms with van der Waals surface area (Å²) in [6, 6.07) is 12.7. The Hall–Kier alpha value is -2.03. The lowest BCUT2D eigenvalue weighted by molar-refractivity contribution is 0.252. The van der Waals surface area contributed by atoms with Crippen molar-refractivity contribution in [2.75, 3.05) is 12.4 Å². The van der Waals surface area contributed by atoms with Gasteiger partial charge < -0.3 is 8.99 Å². The SMILES string of the molecule is CC1(CO[Si](C)(C)C(C)(C)C)Cc2nnc(C3(c4ccc(-c5cccnn5)cc4)CC3)n2CCS1. The Labute approximate surface area is 214 Å². The zero-order valence-corrected chi connectivity index (χ0v) is 23.7. The van der Waals surface area contributed by atoms with E-state index in [0.717, 1.165) is 61.1 Å². The van der Waals surface area contributed by atoms with Gasteiger partial charge in [0.25, 0.3) is 0 Å². The van der Waals surface area contributed by atoms with Crippen LogP contribution in [0.2, 0.25) is 18.1 Å². The fraction of sp³-hybridized carbons (Fsp3) is 0.556. The van der Waals surface area contributed by atoms with Gasteiger partial charge in [0, 0.05) is 41.8 Å². The average molecular weight is 508 g/mol. The third-order valence-electron chi connectivity index (χ3n) is 8.15. The van der Waals surface area contributed by atoms with Gasteiger partial charge in [0.1, 0.15) is 11.6 Å². The molecule has 0 saturated heterocycles. The van der Waals surface area contributed by atoms with Crippen LogP contribution in [0.15, 0.2) is 42.6 Å². The first-order chi connectivity index (χ1) is 16.5. The van der Waals surface area contributed by atoms with Gasteiger partial charge in [0.15, 0.2) is 8.32 Å². The van der Waals surface area contributed by atoms with Crippen molar-refractivity contribution in [1.82, 2.24) is 25.0 Å². The van der Waals surface area contributed by atoms with Crippen LogP contribution < -0.4 is 0 Å². The standard InChI is InChI=1S/C27H37N5OSSi/c1-25(2,3)35(5,6)33-19-26(4)18-23-30-31-24(32(23)16-17-34-26)27(13-14-27)21-11-9-20(10-12-21)22-8-7-15-28-29-22/h7-12,15H,13-14,16-19H2,1-6H3. The Morgan fingerprint density at radius 1 is 1.06 bits per heavy atom. The lowest BCUT2D eigenvalue weighted by Gasteiger charge is -2.39. The number of nitrogens with zero attached hydrogens (tertiary/aromatic N) is 5.